The summed E-state index contributed by atoms with van der Waals surface area (Å²) in [6.07, 6.45) is 0. The smallest absolute Gasteiger partial charge is 0.243 e. The molecule has 2 aromatic rings. The predicted octanol–water partition coefficient (Wildman–Crippen LogP) is 3.74. The van der Waals surface area contributed by atoms with Gasteiger partial charge in [-0.1, -0.05) is 55.0 Å². The molecule has 0 unspecified atom stereocenters. The SMILES string of the molecule is C/C(C(=O)COCc1ccccc1)=C1/CN(S(=O)(=O)c2ccc(C)cc2)C[C@@H]1C. The van der Waals surface area contributed by atoms with Crippen LogP contribution < -0.4 is 0 Å². The third kappa shape index (κ3) is 5.01. The second-order valence-electron chi connectivity index (χ2n) is 7.56. The van der Waals surface area contributed by atoms with Crippen molar-refractivity contribution in [2.75, 3.05) is 19.7 Å². The predicted molar refractivity (Wildman–Crippen MR) is 113 cm³/mol. The van der Waals surface area contributed by atoms with Crippen molar-refractivity contribution in [1.29, 1.82) is 0 Å². The second kappa shape index (κ2) is 9.03. The van der Waals surface area contributed by atoms with Gasteiger partial charge in [0.2, 0.25) is 10.0 Å². The van der Waals surface area contributed by atoms with Gasteiger partial charge in [0, 0.05) is 13.1 Å². The highest BCUT2D eigenvalue weighted by Gasteiger charge is 2.35. The molecule has 0 radical (unpaired) electrons. The van der Waals surface area contributed by atoms with E-state index < -0.39 is 10.0 Å². The zero-order chi connectivity index (χ0) is 21.0. The average molecular weight is 414 g/mol. The minimum absolute atomic E-state index is 0.00621. The molecular formula is C23H27NO4S. The molecule has 0 aliphatic carbocycles. The summed E-state index contributed by atoms with van der Waals surface area (Å²) in [5, 5.41) is 0. The molecule has 0 saturated carbocycles. The zero-order valence-electron chi connectivity index (χ0n) is 17.1. The van der Waals surface area contributed by atoms with E-state index in [0.29, 0.717) is 18.7 Å². The van der Waals surface area contributed by atoms with E-state index in [4.69, 9.17) is 4.74 Å². The number of sulfonamides is 1. The highest BCUT2D eigenvalue weighted by molar-refractivity contribution is 7.89. The molecular weight excluding hydrogens is 386 g/mol. The van der Waals surface area contributed by atoms with Crippen LogP contribution in [0.25, 0.3) is 0 Å². The average Bonchev–Trinajstić information content (AvgIpc) is 3.11. The molecule has 2 aromatic carbocycles. The van der Waals surface area contributed by atoms with Crippen LogP contribution in [0.15, 0.2) is 70.6 Å². The van der Waals surface area contributed by atoms with Crippen LogP contribution >= 0.6 is 0 Å². The Bertz CT molecular complexity index is 995. The van der Waals surface area contributed by atoms with E-state index >= 15 is 0 Å². The number of nitrogens with zero attached hydrogens (tertiary/aromatic N) is 1. The van der Waals surface area contributed by atoms with Crippen molar-refractivity contribution in [1.82, 2.24) is 4.31 Å². The van der Waals surface area contributed by atoms with E-state index in [1.165, 1.54) is 4.31 Å². The summed E-state index contributed by atoms with van der Waals surface area (Å²) in [4.78, 5) is 12.9. The van der Waals surface area contributed by atoms with Crippen molar-refractivity contribution in [3.8, 4) is 0 Å². The van der Waals surface area contributed by atoms with Crippen LogP contribution in [-0.2, 0) is 26.2 Å². The van der Waals surface area contributed by atoms with Gasteiger partial charge in [-0.2, -0.15) is 4.31 Å². The molecule has 1 saturated heterocycles. The summed E-state index contributed by atoms with van der Waals surface area (Å²) < 4.78 is 32.9. The van der Waals surface area contributed by atoms with Gasteiger partial charge in [-0.3, -0.25) is 4.79 Å². The number of carbonyl (C=O) groups is 1. The van der Waals surface area contributed by atoms with Gasteiger partial charge in [0.25, 0.3) is 0 Å². The number of ketones is 1. The van der Waals surface area contributed by atoms with Gasteiger partial charge < -0.3 is 4.74 Å². The Morgan fingerprint density at radius 3 is 2.41 bits per heavy atom. The summed E-state index contributed by atoms with van der Waals surface area (Å²) in [5.74, 6) is -0.106. The van der Waals surface area contributed by atoms with Crippen molar-refractivity contribution >= 4 is 15.8 Å². The molecule has 154 valence electrons. The molecule has 0 aromatic heterocycles. The summed E-state index contributed by atoms with van der Waals surface area (Å²) in [5.41, 5.74) is 3.49. The van der Waals surface area contributed by atoms with Gasteiger partial charge in [0.05, 0.1) is 11.5 Å². The van der Waals surface area contributed by atoms with Crippen LogP contribution in [-0.4, -0.2) is 38.2 Å². The van der Waals surface area contributed by atoms with E-state index in [-0.39, 0.29) is 29.7 Å². The number of hydrogen-bond donors (Lipinski definition) is 0. The Balaban J connectivity index is 1.67. The molecule has 1 aliphatic heterocycles. The van der Waals surface area contributed by atoms with Crippen molar-refractivity contribution < 1.29 is 17.9 Å². The first-order valence-electron chi connectivity index (χ1n) is 9.70. The summed E-state index contributed by atoms with van der Waals surface area (Å²) in [6, 6.07) is 16.5. The normalized spacial score (nSPS) is 19.3. The monoisotopic (exact) mass is 413 g/mol. The van der Waals surface area contributed by atoms with E-state index in [1.807, 2.05) is 44.2 Å². The van der Waals surface area contributed by atoms with Gasteiger partial charge in [-0.25, -0.2) is 8.42 Å². The van der Waals surface area contributed by atoms with Gasteiger partial charge in [-0.15, -0.1) is 0 Å². The molecule has 1 atom stereocenters. The summed E-state index contributed by atoms with van der Waals surface area (Å²) in [7, 11) is -3.58. The molecule has 1 aliphatic rings. The first-order valence-corrected chi connectivity index (χ1v) is 11.1. The Labute approximate surface area is 173 Å². The first-order chi connectivity index (χ1) is 13.8. The number of Topliss-reactive ketones (excluding diaryl/α,β-unsaturated/α-hetero) is 1. The quantitative estimate of drug-likeness (QED) is 0.649. The minimum Gasteiger partial charge on any atom is -0.369 e. The lowest BCUT2D eigenvalue weighted by atomic mass is 9.98. The summed E-state index contributed by atoms with van der Waals surface area (Å²) in [6.45, 7) is 6.63. The van der Waals surface area contributed by atoms with Crippen LogP contribution in [0.4, 0.5) is 0 Å². The number of benzene rings is 2. The van der Waals surface area contributed by atoms with Crippen LogP contribution in [0.3, 0.4) is 0 Å². The van der Waals surface area contributed by atoms with Crippen molar-refractivity contribution in [2.45, 2.75) is 32.3 Å². The van der Waals surface area contributed by atoms with Crippen LogP contribution in [0.5, 0.6) is 0 Å². The topological polar surface area (TPSA) is 63.7 Å². The lowest BCUT2D eigenvalue weighted by Crippen LogP contribution is -2.28. The zero-order valence-corrected chi connectivity index (χ0v) is 17.9. The Hall–Kier alpha value is -2.28. The van der Waals surface area contributed by atoms with Crippen molar-refractivity contribution in [3.05, 3.63) is 76.9 Å². The largest absolute Gasteiger partial charge is 0.369 e. The third-order valence-corrected chi connectivity index (χ3v) is 7.15. The van der Waals surface area contributed by atoms with Gasteiger partial charge in [0.15, 0.2) is 5.78 Å². The standard InChI is InChI=1S/C23H27NO4S/c1-17-9-11-21(12-10-17)29(26,27)24-13-18(2)22(14-24)19(3)23(25)16-28-15-20-7-5-4-6-8-20/h4-12,18H,13-16H2,1-3H3/b22-19+/t18-/m0/s1. The van der Waals surface area contributed by atoms with E-state index in [0.717, 1.165) is 16.7 Å². The number of carbonyl (C=O) groups excluding carboxylic acids is 1. The fourth-order valence-corrected chi connectivity index (χ4v) is 4.99. The van der Waals surface area contributed by atoms with Gasteiger partial charge in [-0.05, 0) is 48.6 Å². The molecule has 0 spiro atoms. The van der Waals surface area contributed by atoms with Crippen molar-refractivity contribution in [3.63, 3.8) is 0 Å². The van der Waals surface area contributed by atoms with E-state index in [1.54, 1.807) is 31.2 Å². The Morgan fingerprint density at radius 1 is 1.10 bits per heavy atom. The third-order valence-electron chi connectivity index (χ3n) is 5.32. The molecule has 0 amide bonds. The van der Waals surface area contributed by atoms with Crippen LogP contribution in [0, 0.1) is 12.8 Å². The maximum absolute atomic E-state index is 13.0. The highest BCUT2D eigenvalue weighted by Crippen LogP contribution is 2.30. The minimum atomic E-state index is -3.58. The number of ether oxygens (including phenoxy) is 1. The molecule has 0 bridgehead atoms. The fourth-order valence-electron chi connectivity index (χ4n) is 3.48. The number of hydrogen-bond acceptors (Lipinski definition) is 4. The van der Waals surface area contributed by atoms with E-state index in [9.17, 15) is 13.2 Å². The molecule has 29 heavy (non-hydrogen) atoms. The lowest BCUT2D eigenvalue weighted by molar-refractivity contribution is -0.120. The van der Waals surface area contributed by atoms with Gasteiger partial charge >= 0.3 is 0 Å². The van der Waals surface area contributed by atoms with Crippen LogP contribution in [0.1, 0.15) is 25.0 Å². The van der Waals surface area contributed by atoms with Crippen LogP contribution in [0.2, 0.25) is 0 Å². The molecule has 0 N–H and O–H groups in total. The highest BCUT2D eigenvalue weighted by atomic mass is 32.2. The first kappa shape index (κ1) is 21.4. The Kier molecular flexibility index (Phi) is 6.67. The number of rotatable bonds is 7. The maximum Gasteiger partial charge on any atom is 0.243 e. The molecule has 6 heteroatoms. The second-order valence-corrected chi connectivity index (χ2v) is 9.50. The molecule has 5 nitrogen and oxygen atoms in total. The number of aryl methyl sites for hydroxylation is 1. The molecule has 1 fully saturated rings. The van der Waals surface area contributed by atoms with Gasteiger partial charge in [0.1, 0.15) is 6.61 Å². The van der Waals surface area contributed by atoms with E-state index in [2.05, 4.69) is 0 Å². The molecule has 1 heterocycles. The maximum atomic E-state index is 13.0. The Morgan fingerprint density at radius 2 is 1.76 bits per heavy atom. The summed E-state index contributed by atoms with van der Waals surface area (Å²) >= 11 is 0. The molecule has 3 rings (SSSR count). The fraction of sp³-hybridized carbons (Fsp3) is 0.348. The van der Waals surface area contributed by atoms with Crippen molar-refractivity contribution in [2.24, 2.45) is 5.92 Å². The lowest BCUT2D eigenvalue weighted by Gasteiger charge is -2.15.